The molecule has 0 aromatic rings. The zero-order chi connectivity index (χ0) is 18.8. The maximum atomic E-state index is 12.8. The molecule has 0 saturated carbocycles. The number of nitrogens with two attached hydrogens (primary N) is 1. The van der Waals surface area contributed by atoms with Gasteiger partial charge in [-0.15, -0.1) is 0 Å². The molecule has 2 N–H and O–H groups in total. The molecule has 0 radical (unpaired) electrons. The zero-order valence-corrected chi connectivity index (χ0v) is 16.1. The van der Waals surface area contributed by atoms with Crippen LogP contribution in [-0.4, -0.2) is 5.78 Å². The minimum atomic E-state index is -0.223. The van der Waals surface area contributed by atoms with Crippen molar-refractivity contribution in [2.24, 2.45) is 23.0 Å². The Morgan fingerprint density at radius 1 is 1.44 bits per heavy atom. The molecule has 4 heteroatoms. The number of rotatable bonds is 5. The molecule has 0 aromatic heterocycles. The number of carbonyl (C=O) groups excluding carboxylic acids is 1. The van der Waals surface area contributed by atoms with Gasteiger partial charge in [0.2, 0.25) is 5.88 Å². The molecular formula is C21H30N2O2. The normalized spacial score (nSPS) is 23.5. The van der Waals surface area contributed by atoms with Gasteiger partial charge in [0.1, 0.15) is 11.8 Å². The Hall–Kier alpha value is -2.02. The first-order valence-corrected chi connectivity index (χ1v) is 9.12. The maximum Gasteiger partial charge on any atom is 0.204 e. The van der Waals surface area contributed by atoms with Crippen molar-refractivity contribution in [3.8, 4) is 6.07 Å². The summed E-state index contributed by atoms with van der Waals surface area (Å²) in [6.45, 7) is 10.5. The molecule has 1 aliphatic heterocycles. The van der Waals surface area contributed by atoms with Gasteiger partial charge in [-0.2, -0.15) is 5.26 Å². The molecule has 0 saturated heterocycles. The first-order chi connectivity index (χ1) is 11.6. The monoisotopic (exact) mass is 342 g/mol. The minimum absolute atomic E-state index is 0.105. The van der Waals surface area contributed by atoms with E-state index in [1.807, 2.05) is 0 Å². The van der Waals surface area contributed by atoms with Crippen LogP contribution in [0.4, 0.5) is 0 Å². The van der Waals surface area contributed by atoms with E-state index in [4.69, 9.17) is 10.5 Å². The van der Waals surface area contributed by atoms with E-state index in [2.05, 4.69) is 46.8 Å². The summed E-state index contributed by atoms with van der Waals surface area (Å²) in [4.78, 5) is 12.8. The van der Waals surface area contributed by atoms with Crippen LogP contribution in [0.15, 0.2) is 34.4 Å². The summed E-state index contributed by atoms with van der Waals surface area (Å²) in [5.41, 5.74) is 8.32. The van der Waals surface area contributed by atoms with E-state index in [9.17, 15) is 10.1 Å². The number of Topliss-reactive ketones (excluding diaryl/α,β-unsaturated/α-hetero) is 1. The van der Waals surface area contributed by atoms with E-state index >= 15 is 0 Å². The highest BCUT2D eigenvalue weighted by atomic mass is 16.5. The second kappa shape index (κ2) is 7.47. The summed E-state index contributed by atoms with van der Waals surface area (Å²) >= 11 is 0. The molecule has 136 valence electrons. The van der Waals surface area contributed by atoms with Crippen molar-refractivity contribution in [1.82, 2.24) is 0 Å². The molecule has 1 aliphatic carbocycles. The molecule has 0 fully saturated rings. The molecule has 1 heterocycles. The number of nitrogens with zero attached hydrogens (tertiary/aromatic N) is 1. The molecule has 0 unspecified atom stereocenters. The molecular weight excluding hydrogens is 312 g/mol. The summed E-state index contributed by atoms with van der Waals surface area (Å²) in [6.07, 6.45) is 6.22. The summed E-state index contributed by atoms with van der Waals surface area (Å²) < 4.78 is 5.71. The number of hydrogen-bond acceptors (Lipinski definition) is 4. The topological polar surface area (TPSA) is 76.1 Å². The van der Waals surface area contributed by atoms with E-state index in [1.54, 1.807) is 0 Å². The lowest BCUT2D eigenvalue weighted by atomic mass is 9.70. The van der Waals surface area contributed by atoms with Gasteiger partial charge in [-0.3, -0.25) is 4.79 Å². The fraction of sp³-hybridized carbons (Fsp3) is 0.619. The van der Waals surface area contributed by atoms with Crippen LogP contribution in [0.1, 0.15) is 66.7 Å². The second-order valence-electron chi connectivity index (χ2n) is 8.52. The molecule has 0 amide bonds. The predicted octanol–water partition coefficient (Wildman–Crippen LogP) is 4.74. The van der Waals surface area contributed by atoms with Crippen molar-refractivity contribution in [3.63, 3.8) is 0 Å². The molecule has 2 rings (SSSR count). The SMILES string of the molecule is CC(C)=CCC[C@H](C)C[C@H]1C(C#N)=C(N)OC2=C1C(=O)CC(C)(C)C2. The highest BCUT2D eigenvalue weighted by molar-refractivity contribution is 5.98. The maximum absolute atomic E-state index is 12.8. The van der Waals surface area contributed by atoms with Crippen molar-refractivity contribution in [2.75, 3.05) is 0 Å². The largest absolute Gasteiger partial charge is 0.444 e. The smallest absolute Gasteiger partial charge is 0.204 e. The second-order valence-corrected chi connectivity index (χ2v) is 8.52. The number of carbonyl (C=O) groups is 1. The van der Waals surface area contributed by atoms with Crippen molar-refractivity contribution < 1.29 is 9.53 Å². The Labute approximate surface area is 151 Å². The Balaban J connectivity index is 2.26. The van der Waals surface area contributed by atoms with E-state index in [-0.39, 0.29) is 23.0 Å². The molecule has 2 aliphatic rings. The average Bonchev–Trinajstić information content (AvgIpc) is 2.44. The van der Waals surface area contributed by atoms with Gasteiger partial charge in [0.05, 0.1) is 5.57 Å². The van der Waals surface area contributed by atoms with Crippen LogP contribution in [0.5, 0.6) is 0 Å². The highest BCUT2D eigenvalue weighted by Crippen LogP contribution is 2.46. The predicted molar refractivity (Wildman–Crippen MR) is 98.9 cm³/mol. The van der Waals surface area contributed by atoms with Crippen LogP contribution < -0.4 is 5.73 Å². The van der Waals surface area contributed by atoms with Crippen LogP contribution in [0.3, 0.4) is 0 Å². The van der Waals surface area contributed by atoms with E-state index in [0.717, 1.165) is 19.3 Å². The fourth-order valence-corrected chi connectivity index (χ4v) is 3.81. The standard InChI is InChI=1S/C21H30N2O2/c1-13(2)7-6-8-14(3)9-15-16(12-22)20(23)25-18-11-21(4,5)10-17(24)19(15)18/h7,14-15H,6,8-11,23H2,1-5H3/t14-,15-/m0/s1. The summed E-state index contributed by atoms with van der Waals surface area (Å²) in [7, 11) is 0. The third-order valence-electron chi connectivity index (χ3n) is 5.05. The fourth-order valence-electron chi connectivity index (χ4n) is 3.81. The Bertz CT molecular complexity index is 685. The van der Waals surface area contributed by atoms with Crippen LogP contribution in [0.25, 0.3) is 0 Å². The van der Waals surface area contributed by atoms with Gasteiger partial charge in [-0.1, -0.05) is 32.4 Å². The van der Waals surface area contributed by atoms with Crippen LogP contribution >= 0.6 is 0 Å². The molecule has 0 aromatic carbocycles. The molecule has 2 atom stereocenters. The molecule has 0 spiro atoms. The van der Waals surface area contributed by atoms with Gasteiger partial charge in [0.15, 0.2) is 5.78 Å². The highest BCUT2D eigenvalue weighted by Gasteiger charge is 2.42. The zero-order valence-electron chi connectivity index (χ0n) is 16.1. The quantitative estimate of drug-likeness (QED) is 0.732. The van der Waals surface area contributed by atoms with Crippen molar-refractivity contribution in [1.29, 1.82) is 5.26 Å². The molecule has 25 heavy (non-hydrogen) atoms. The minimum Gasteiger partial charge on any atom is -0.444 e. The molecule has 0 bridgehead atoms. The number of ether oxygens (including phenoxy) is 1. The van der Waals surface area contributed by atoms with E-state index in [1.165, 1.54) is 5.57 Å². The lowest BCUT2D eigenvalue weighted by molar-refractivity contribution is -0.119. The van der Waals surface area contributed by atoms with Crippen molar-refractivity contribution in [3.05, 3.63) is 34.4 Å². The Morgan fingerprint density at radius 3 is 2.72 bits per heavy atom. The number of hydrogen-bond donors (Lipinski definition) is 1. The van der Waals surface area contributed by atoms with Gasteiger partial charge < -0.3 is 10.5 Å². The first kappa shape index (κ1) is 19.3. The molecule has 4 nitrogen and oxygen atoms in total. The summed E-state index contributed by atoms with van der Waals surface area (Å²) in [5.74, 6) is 1.13. The van der Waals surface area contributed by atoms with E-state index in [0.29, 0.717) is 35.7 Å². The van der Waals surface area contributed by atoms with Crippen LogP contribution in [-0.2, 0) is 9.53 Å². The summed E-state index contributed by atoms with van der Waals surface area (Å²) in [6, 6.07) is 2.19. The van der Waals surface area contributed by atoms with Gasteiger partial charge in [0.25, 0.3) is 0 Å². The number of ketones is 1. The number of allylic oxidation sites excluding steroid dienone is 5. The van der Waals surface area contributed by atoms with Crippen molar-refractivity contribution in [2.45, 2.75) is 66.7 Å². The summed E-state index contributed by atoms with van der Waals surface area (Å²) in [5, 5.41) is 9.56. The van der Waals surface area contributed by atoms with Gasteiger partial charge in [-0.05, 0) is 44.4 Å². The number of nitriles is 1. The first-order valence-electron chi connectivity index (χ1n) is 9.12. The third-order valence-corrected chi connectivity index (χ3v) is 5.05. The lowest BCUT2D eigenvalue weighted by Gasteiger charge is -2.37. The third kappa shape index (κ3) is 4.54. The Morgan fingerprint density at radius 2 is 2.12 bits per heavy atom. The van der Waals surface area contributed by atoms with Gasteiger partial charge >= 0.3 is 0 Å². The van der Waals surface area contributed by atoms with Gasteiger partial charge in [-0.25, -0.2) is 0 Å². The average molecular weight is 342 g/mol. The van der Waals surface area contributed by atoms with Crippen LogP contribution in [0.2, 0.25) is 0 Å². The van der Waals surface area contributed by atoms with E-state index < -0.39 is 0 Å². The Kier molecular flexibility index (Phi) is 5.77. The van der Waals surface area contributed by atoms with Crippen molar-refractivity contribution >= 4 is 5.78 Å². The van der Waals surface area contributed by atoms with Crippen LogP contribution in [0, 0.1) is 28.6 Å². The van der Waals surface area contributed by atoms with Gasteiger partial charge in [0, 0.05) is 24.3 Å². The lowest BCUT2D eigenvalue weighted by Crippen LogP contribution is -2.34.